The van der Waals surface area contributed by atoms with Gasteiger partial charge >= 0.3 is 0 Å². The first-order chi connectivity index (χ1) is 14.8. The van der Waals surface area contributed by atoms with Crippen molar-refractivity contribution in [2.24, 2.45) is 0 Å². The number of rotatable bonds is 3. The molecule has 0 atom stereocenters. The first kappa shape index (κ1) is 23.7. The Bertz CT molecular complexity index is 1270. The molecule has 5 nitrogen and oxygen atoms in total. The molecule has 0 aliphatic rings. The summed E-state index contributed by atoms with van der Waals surface area (Å²) in [4.78, 5) is 16.5. The molecule has 0 aliphatic carbocycles. The number of aromatic nitrogens is 4. The maximum atomic E-state index is 13.7. The number of ether oxygens (including phenoxy) is 1. The molecule has 0 saturated heterocycles. The van der Waals surface area contributed by atoms with Gasteiger partial charge in [0.05, 0.1) is 12.5 Å². The molecule has 0 aliphatic heterocycles. The quantitative estimate of drug-likeness (QED) is 0.251. The molecule has 2 heterocycles. The van der Waals surface area contributed by atoms with Crippen molar-refractivity contribution in [2.45, 2.75) is 26.7 Å². The Labute approximate surface area is 199 Å². The van der Waals surface area contributed by atoms with E-state index >= 15 is 0 Å². The largest absolute Gasteiger partial charge is 0.480 e. The number of hydrogen-bond acceptors (Lipinski definition) is 5. The van der Waals surface area contributed by atoms with Crippen LogP contribution < -0.4 is 4.74 Å². The molecule has 0 radical (unpaired) electrons. The molecular formula is C21H17Br2ClF2N4O. The van der Waals surface area contributed by atoms with Gasteiger partial charge in [-0.1, -0.05) is 57.3 Å². The average Bonchev–Trinajstić information content (AvgIpc) is 2.74. The number of nitrogens with zero attached hydrogens (tertiary/aromatic N) is 4. The lowest BCUT2D eigenvalue weighted by Crippen LogP contribution is -1.99. The Morgan fingerprint density at radius 2 is 1.29 bits per heavy atom. The summed E-state index contributed by atoms with van der Waals surface area (Å²) in [6.07, 6.45) is 1.27. The van der Waals surface area contributed by atoms with Gasteiger partial charge in [0.2, 0.25) is 5.88 Å². The highest BCUT2D eigenvalue weighted by molar-refractivity contribution is 9.10. The molecule has 10 heteroatoms. The minimum atomic E-state index is -0.390. The number of hydrogen-bond donors (Lipinski definition) is 0. The third kappa shape index (κ3) is 5.27. The molecule has 4 aromatic rings. The highest BCUT2D eigenvalue weighted by Crippen LogP contribution is 2.28. The van der Waals surface area contributed by atoms with Gasteiger partial charge in [-0.15, -0.1) is 0 Å². The van der Waals surface area contributed by atoms with E-state index < -0.39 is 5.82 Å². The molecule has 0 spiro atoms. The smallest absolute Gasteiger partial charge is 0.224 e. The van der Waals surface area contributed by atoms with E-state index in [9.17, 15) is 8.78 Å². The normalized spacial score (nSPS) is 10.8. The first-order valence-electron chi connectivity index (χ1n) is 9.28. The van der Waals surface area contributed by atoms with E-state index in [0.29, 0.717) is 55.6 Å². The van der Waals surface area contributed by atoms with Crippen molar-refractivity contribution < 1.29 is 13.5 Å². The van der Waals surface area contributed by atoms with Gasteiger partial charge in [0.15, 0.2) is 11.6 Å². The topological polar surface area (TPSA) is 60.8 Å². The van der Waals surface area contributed by atoms with E-state index in [1.54, 1.807) is 12.1 Å². The molecule has 0 amide bonds. The van der Waals surface area contributed by atoms with Crippen LogP contribution in [0.25, 0.3) is 21.8 Å². The maximum Gasteiger partial charge on any atom is 0.224 e. The Morgan fingerprint density at radius 3 is 1.81 bits per heavy atom. The zero-order chi connectivity index (χ0) is 22.7. The summed E-state index contributed by atoms with van der Waals surface area (Å²) < 4.78 is 33.7. The lowest BCUT2D eigenvalue weighted by atomic mass is 10.2. The minimum absolute atomic E-state index is 0.273. The predicted octanol–water partition coefficient (Wildman–Crippen LogP) is 6.85. The monoisotopic (exact) mass is 572 g/mol. The lowest BCUT2D eigenvalue weighted by Gasteiger charge is -2.07. The van der Waals surface area contributed by atoms with Crippen molar-refractivity contribution in [2.75, 3.05) is 7.11 Å². The van der Waals surface area contributed by atoms with Gasteiger partial charge < -0.3 is 4.74 Å². The van der Waals surface area contributed by atoms with Crippen LogP contribution in [0.15, 0.2) is 33.2 Å². The van der Waals surface area contributed by atoms with Gasteiger partial charge in [0.1, 0.15) is 27.8 Å². The molecular weight excluding hydrogens is 558 g/mol. The fourth-order valence-corrected chi connectivity index (χ4v) is 3.91. The molecule has 31 heavy (non-hydrogen) atoms. The summed E-state index contributed by atoms with van der Waals surface area (Å²) in [7, 11) is 1.51. The second-order valence-corrected chi connectivity index (χ2v) is 8.54. The molecule has 0 saturated carbocycles. The predicted molar refractivity (Wildman–Crippen MR) is 125 cm³/mol. The zero-order valence-corrected chi connectivity index (χ0v) is 20.7. The fourth-order valence-electron chi connectivity index (χ4n) is 2.81. The number of fused-ring (bicyclic) bond motifs is 2. The van der Waals surface area contributed by atoms with Gasteiger partial charge in [-0.2, -0.15) is 4.98 Å². The molecule has 2 aromatic carbocycles. The summed E-state index contributed by atoms with van der Waals surface area (Å²) >= 11 is 12.4. The van der Waals surface area contributed by atoms with Crippen LogP contribution in [0.3, 0.4) is 0 Å². The van der Waals surface area contributed by atoms with Crippen molar-refractivity contribution in [3.8, 4) is 5.88 Å². The third-order valence-electron chi connectivity index (χ3n) is 4.27. The molecule has 0 N–H and O–H groups in total. The van der Waals surface area contributed by atoms with Crippen LogP contribution in [0, 0.1) is 11.6 Å². The number of methoxy groups -OCH3 is 1. The fraction of sp³-hybridized carbons (Fsp3) is 0.238. The third-order valence-corrected chi connectivity index (χ3v) is 5.48. The summed E-state index contributed by atoms with van der Waals surface area (Å²) in [5.41, 5.74) is 0.571. The second-order valence-electron chi connectivity index (χ2n) is 6.35. The average molecular weight is 575 g/mol. The molecule has 2 aromatic heterocycles. The SMILES string of the molecule is CCc1nc(Cl)c2cc(Br)cc(F)c2n1.CCc1nc(OC)c2cc(Br)cc(F)c2n1. The van der Waals surface area contributed by atoms with Gasteiger partial charge in [-0.3, -0.25) is 0 Å². The number of benzene rings is 2. The molecule has 0 fully saturated rings. The molecule has 0 bridgehead atoms. The highest BCUT2D eigenvalue weighted by Gasteiger charge is 2.12. The van der Waals surface area contributed by atoms with Crippen LogP contribution in [0.2, 0.25) is 5.15 Å². The summed E-state index contributed by atoms with van der Waals surface area (Å²) in [5, 5.41) is 1.39. The standard InChI is InChI=1S/C11H10BrFN2O.C10H7BrClFN2/c1-3-9-14-10-7(11(15-9)16-2)4-6(12)5-8(10)13;1-2-8-14-9-6(10(12)15-8)3-5(11)4-7(9)13/h4-5H,3H2,1-2H3;3-4H,2H2,1H3. The Hall–Kier alpha value is -1.97. The van der Waals surface area contributed by atoms with E-state index in [1.807, 2.05) is 13.8 Å². The number of aryl methyl sites for hydroxylation is 2. The van der Waals surface area contributed by atoms with Crippen LogP contribution in [-0.2, 0) is 12.8 Å². The minimum Gasteiger partial charge on any atom is -0.480 e. The van der Waals surface area contributed by atoms with Gasteiger partial charge in [0.25, 0.3) is 0 Å². The zero-order valence-electron chi connectivity index (χ0n) is 16.8. The van der Waals surface area contributed by atoms with Crippen LogP contribution in [0.5, 0.6) is 5.88 Å². The number of halogens is 5. The molecule has 162 valence electrons. The van der Waals surface area contributed by atoms with E-state index in [4.69, 9.17) is 16.3 Å². The van der Waals surface area contributed by atoms with E-state index in [2.05, 4.69) is 51.8 Å². The summed E-state index contributed by atoms with van der Waals surface area (Å²) in [6, 6.07) is 6.20. The van der Waals surface area contributed by atoms with E-state index in [-0.39, 0.29) is 16.5 Å². The molecule has 0 unspecified atom stereocenters. The van der Waals surface area contributed by atoms with Crippen LogP contribution in [-0.4, -0.2) is 27.0 Å². The summed E-state index contributed by atoms with van der Waals surface area (Å²) in [6.45, 7) is 3.81. The van der Waals surface area contributed by atoms with Gasteiger partial charge in [-0.25, -0.2) is 23.7 Å². The lowest BCUT2D eigenvalue weighted by molar-refractivity contribution is 0.400. The van der Waals surface area contributed by atoms with Gasteiger partial charge in [0, 0.05) is 27.2 Å². The highest BCUT2D eigenvalue weighted by atomic mass is 79.9. The van der Waals surface area contributed by atoms with Crippen LogP contribution in [0.4, 0.5) is 8.78 Å². The second kappa shape index (κ2) is 10.1. The first-order valence-corrected chi connectivity index (χ1v) is 11.2. The van der Waals surface area contributed by atoms with Crippen molar-refractivity contribution in [1.82, 2.24) is 19.9 Å². The van der Waals surface area contributed by atoms with Crippen molar-refractivity contribution in [1.29, 1.82) is 0 Å². The maximum absolute atomic E-state index is 13.7. The van der Waals surface area contributed by atoms with E-state index in [1.165, 1.54) is 19.2 Å². The Balaban J connectivity index is 0.000000176. The Kier molecular flexibility index (Phi) is 7.72. The van der Waals surface area contributed by atoms with Crippen LogP contribution in [0.1, 0.15) is 25.5 Å². The Morgan fingerprint density at radius 1 is 0.806 bits per heavy atom. The van der Waals surface area contributed by atoms with Crippen molar-refractivity contribution >= 4 is 65.3 Å². The van der Waals surface area contributed by atoms with Crippen LogP contribution >= 0.6 is 43.5 Å². The summed E-state index contributed by atoms with van der Waals surface area (Å²) in [5.74, 6) is 0.763. The van der Waals surface area contributed by atoms with Crippen molar-refractivity contribution in [3.05, 3.63) is 61.6 Å². The van der Waals surface area contributed by atoms with Crippen molar-refractivity contribution in [3.63, 3.8) is 0 Å². The van der Waals surface area contributed by atoms with E-state index in [0.717, 1.165) is 0 Å². The van der Waals surface area contributed by atoms with Gasteiger partial charge in [-0.05, 0) is 24.3 Å². The molecule has 4 rings (SSSR count).